The fourth-order valence-corrected chi connectivity index (χ4v) is 3.86. The van der Waals surface area contributed by atoms with Crippen LogP contribution < -0.4 is 16.4 Å². The summed E-state index contributed by atoms with van der Waals surface area (Å²) in [6.45, 7) is 7.51. The largest absolute Gasteiger partial charge is 0.365 e. The van der Waals surface area contributed by atoms with Gasteiger partial charge in [-0.15, -0.1) is 11.3 Å². The lowest BCUT2D eigenvalue weighted by atomic mass is 10.1. The first kappa shape index (κ1) is 19.5. The Morgan fingerprint density at radius 1 is 1.00 bits per heavy atom. The molecule has 28 heavy (non-hydrogen) atoms. The van der Waals surface area contributed by atoms with Gasteiger partial charge in [0.05, 0.1) is 5.56 Å². The Hall–Kier alpha value is -3.26. The van der Waals surface area contributed by atoms with Crippen molar-refractivity contribution in [2.75, 3.05) is 10.6 Å². The molecule has 7 nitrogen and oxygen atoms in total. The second-order valence-corrected chi connectivity index (χ2v) is 7.71. The van der Waals surface area contributed by atoms with Gasteiger partial charge in [-0.05, 0) is 63.6 Å². The summed E-state index contributed by atoms with van der Waals surface area (Å²) < 4.78 is 0. The summed E-state index contributed by atoms with van der Waals surface area (Å²) in [4.78, 5) is 33.9. The molecule has 0 atom stereocenters. The van der Waals surface area contributed by atoms with E-state index in [1.54, 1.807) is 24.3 Å². The summed E-state index contributed by atoms with van der Waals surface area (Å²) in [5.41, 5.74) is 9.58. The molecule has 2 aromatic heterocycles. The summed E-state index contributed by atoms with van der Waals surface area (Å²) in [5, 5.41) is 6.38. The number of carbonyl (C=O) groups excluding carboxylic acids is 2. The highest BCUT2D eigenvalue weighted by Crippen LogP contribution is 2.32. The third kappa shape index (κ3) is 4.17. The molecule has 0 aliphatic carbocycles. The molecule has 8 heteroatoms. The smallest absolute Gasteiger partial charge is 0.256 e. The van der Waals surface area contributed by atoms with Gasteiger partial charge in [0.15, 0.2) is 0 Å². The molecule has 0 unspecified atom stereocenters. The predicted octanol–water partition coefficient (Wildman–Crippen LogP) is 3.87. The highest BCUT2D eigenvalue weighted by molar-refractivity contribution is 7.16. The first-order valence-electron chi connectivity index (χ1n) is 8.65. The maximum Gasteiger partial charge on any atom is 0.256 e. The number of thiophene rings is 1. The van der Waals surface area contributed by atoms with E-state index in [2.05, 4.69) is 20.6 Å². The standard InChI is InChI=1S/C20H21N5O2S/c1-10-9-11(2)23-20(22-10)24-15-7-5-14(6-8-15)18(27)25-19-16(17(21)26)12(3)13(4)28-19/h5-9H,1-4H3,(H2,21,26)(H,25,27)(H,22,23,24). The number of aromatic nitrogens is 2. The van der Waals surface area contributed by atoms with Gasteiger partial charge in [-0.2, -0.15) is 0 Å². The number of hydrogen-bond donors (Lipinski definition) is 3. The summed E-state index contributed by atoms with van der Waals surface area (Å²) in [6.07, 6.45) is 0. The van der Waals surface area contributed by atoms with Crippen LogP contribution in [0.4, 0.5) is 16.6 Å². The average Bonchev–Trinajstić information content (AvgIpc) is 2.88. The molecule has 3 aromatic rings. The molecule has 0 saturated carbocycles. The van der Waals surface area contributed by atoms with Crippen LogP contribution in [0.25, 0.3) is 0 Å². The van der Waals surface area contributed by atoms with Crippen molar-refractivity contribution < 1.29 is 9.59 Å². The summed E-state index contributed by atoms with van der Waals surface area (Å²) >= 11 is 1.34. The summed E-state index contributed by atoms with van der Waals surface area (Å²) in [6, 6.07) is 8.83. The normalized spacial score (nSPS) is 10.6. The molecular weight excluding hydrogens is 374 g/mol. The Bertz CT molecular complexity index is 1040. The highest BCUT2D eigenvalue weighted by atomic mass is 32.1. The van der Waals surface area contributed by atoms with E-state index in [0.29, 0.717) is 22.1 Å². The van der Waals surface area contributed by atoms with Gasteiger partial charge in [-0.1, -0.05) is 0 Å². The van der Waals surface area contributed by atoms with Crippen molar-refractivity contribution >= 4 is 39.8 Å². The average molecular weight is 395 g/mol. The van der Waals surface area contributed by atoms with Gasteiger partial charge in [0, 0.05) is 27.5 Å². The lowest BCUT2D eigenvalue weighted by Crippen LogP contribution is -2.17. The minimum Gasteiger partial charge on any atom is -0.365 e. The van der Waals surface area contributed by atoms with Crippen LogP contribution >= 0.6 is 11.3 Å². The van der Waals surface area contributed by atoms with Gasteiger partial charge < -0.3 is 16.4 Å². The van der Waals surface area contributed by atoms with E-state index in [1.165, 1.54) is 11.3 Å². The van der Waals surface area contributed by atoms with Gasteiger partial charge in [0.2, 0.25) is 5.95 Å². The molecule has 1 aromatic carbocycles. The molecule has 4 N–H and O–H groups in total. The van der Waals surface area contributed by atoms with Crippen LogP contribution in [0.3, 0.4) is 0 Å². The van der Waals surface area contributed by atoms with Gasteiger partial charge in [0.1, 0.15) is 5.00 Å². The molecule has 0 saturated heterocycles. The van der Waals surface area contributed by atoms with Crippen molar-refractivity contribution in [1.29, 1.82) is 0 Å². The van der Waals surface area contributed by atoms with Gasteiger partial charge >= 0.3 is 0 Å². The Balaban J connectivity index is 1.76. The number of nitrogens with one attached hydrogen (secondary N) is 2. The van der Waals surface area contributed by atoms with Crippen LogP contribution in [-0.4, -0.2) is 21.8 Å². The highest BCUT2D eigenvalue weighted by Gasteiger charge is 2.19. The topological polar surface area (TPSA) is 110 Å². The van der Waals surface area contributed by atoms with E-state index in [1.807, 2.05) is 33.8 Å². The van der Waals surface area contributed by atoms with E-state index in [9.17, 15) is 9.59 Å². The Kier molecular flexibility index (Phi) is 5.41. The van der Waals surface area contributed by atoms with Crippen molar-refractivity contribution in [2.24, 2.45) is 5.73 Å². The number of primary amides is 1. The first-order chi connectivity index (χ1) is 13.2. The third-order valence-electron chi connectivity index (χ3n) is 4.24. The second-order valence-electron chi connectivity index (χ2n) is 6.48. The van der Waals surface area contributed by atoms with Crippen LogP contribution in [0, 0.1) is 27.7 Å². The minimum absolute atomic E-state index is 0.307. The number of hydrogen-bond acceptors (Lipinski definition) is 6. The van der Waals surface area contributed by atoms with Crippen molar-refractivity contribution in [3.8, 4) is 0 Å². The van der Waals surface area contributed by atoms with E-state index in [-0.39, 0.29) is 5.91 Å². The minimum atomic E-state index is -0.551. The van der Waals surface area contributed by atoms with Gasteiger partial charge in [0.25, 0.3) is 11.8 Å². The Morgan fingerprint density at radius 2 is 1.61 bits per heavy atom. The molecule has 3 rings (SSSR count). The quantitative estimate of drug-likeness (QED) is 0.607. The Labute approximate surface area is 167 Å². The number of carbonyl (C=O) groups is 2. The molecule has 2 amide bonds. The number of anilines is 3. The molecule has 0 bridgehead atoms. The van der Waals surface area contributed by atoms with Gasteiger partial charge in [-0.25, -0.2) is 9.97 Å². The SMILES string of the molecule is Cc1cc(C)nc(Nc2ccc(C(=O)Nc3sc(C)c(C)c3C(N)=O)cc2)n1. The van der Waals surface area contributed by atoms with Gasteiger partial charge in [-0.3, -0.25) is 9.59 Å². The monoisotopic (exact) mass is 395 g/mol. The molecule has 0 radical (unpaired) electrons. The van der Waals surface area contributed by atoms with E-state index < -0.39 is 5.91 Å². The third-order valence-corrected chi connectivity index (χ3v) is 5.37. The number of rotatable bonds is 5. The lowest BCUT2D eigenvalue weighted by molar-refractivity contribution is 0.100. The van der Waals surface area contributed by atoms with Crippen LogP contribution in [0.2, 0.25) is 0 Å². The lowest BCUT2D eigenvalue weighted by Gasteiger charge is -2.08. The summed E-state index contributed by atoms with van der Waals surface area (Å²) in [7, 11) is 0. The molecular formula is C20H21N5O2S. The molecule has 0 fully saturated rings. The van der Waals surface area contributed by atoms with E-state index in [4.69, 9.17) is 5.73 Å². The first-order valence-corrected chi connectivity index (χ1v) is 9.46. The molecule has 0 aliphatic rings. The number of aryl methyl sites for hydroxylation is 3. The Morgan fingerprint density at radius 3 is 2.18 bits per heavy atom. The maximum atomic E-state index is 12.6. The van der Waals surface area contributed by atoms with Crippen molar-refractivity contribution in [3.63, 3.8) is 0 Å². The fourth-order valence-electron chi connectivity index (χ4n) is 2.80. The van der Waals surface area contributed by atoms with Crippen LogP contribution in [0.15, 0.2) is 30.3 Å². The zero-order valence-corrected chi connectivity index (χ0v) is 16.9. The number of nitrogens with zero attached hydrogens (tertiary/aromatic N) is 2. The summed E-state index contributed by atoms with van der Waals surface area (Å²) in [5.74, 6) is -0.353. The van der Waals surface area contributed by atoms with Crippen molar-refractivity contribution in [1.82, 2.24) is 9.97 Å². The molecule has 0 spiro atoms. The molecule has 144 valence electrons. The zero-order chi connectivity index (χ0) is 20.4. The molecule has 2 heterocycles. The second kappa shape index (κ2) is 7.77. The van der Waals surface area contributed by atoms with Crippen molar-refractivity contribution in [2.45, 2.75) is 27.7 Å². The number of amides is 2. The van der Waals surface area contributed by atoms with Crippen LogP contribution in [-0.2, 0) is 0 Å². The predicted molar refractivity (Wildman–Crippen MR) is 111 cm³/mol. The van der Waals surface area contributed by atoms with Crippen LogP contribution in [0.1, 0.15) is 42.5 Å². The maximum absolute atomic E-state index is 12.6. The van der Waals surface area contributed by atoms with Crippen molar-refractivity contribution in [3.05, 3.63) is 63.3 Å². The fraction of sp³-hybridized carbons (Fsp3) is 0.200. The van der Waals surface area contributed by atoms with E-state index in [0.717, 1.165) is 27.5 Å². The zero-order valence-electron chi connectivity index (χ0n) is 16.1. The van der Waals surface area contributed by atoms with E-state index >= 15 is 0 Å². The number of benzene rings is 1. The molecule has 0 aliphatic heterocycles. The number of nitrogens with two attached hydrogens (primary N) is 1. The van der Waals surface area contributed by atoms with Crippen LogP contribution in [0.5, 0.6) is 0 Å².